The van der Waals surface area contributed by atoms with Gasteiger partial charge >= 0.3 is 0 Å². The Bertz CT molecular complexity index is 814. The number of morpholine rings is 1. The molecule has 0 radical (unpaired) electrons. The number of benzene rings is 1. The van der Waals surface area contributed by atoms with Gasteiger partial charge in [0.2, 0.25) is 0 Å². The Labute approximate surface area is 170 Å². The summed E-state index contributed by atoms with van der Waals surface area (Å²) in [6.07, 6.45) is 5.82. The number of aromatic hydroxyl groups is 1. The summed E-state index contributed by atoms with van der Waals surface area (Å²) in [5, 5.41) is 25.9. The summed E-state index contributed by atoms with van der Waals surface area (Å²) < 4.78 is 8.19. The van der Waals surface area contributed by atoms with Gasteiger partial charge in [0.1, 0.15) is 11.6 Å². The highest BCUT2D eigenvalue weighted by Crippen LogP contribution is 2.36. The van der Waals surface area contributed by atoms with E-state index in [1.165, 1.54) is 0 Å². The minimum Gasteiger partial charge on any atom is -0.508 e. The van der Waals surface area contributed by atoms with Crippen LogP contribution in [0.2, 0.25) is 0 Å². The maximum absolute atomic E-state index is 9.84. The summed E-state index contributed by atoms with van der Waals surface area (Å²) in [5.74, 6) is 1.27. The van der Waals surface area contributed by atoms with E-state index >= 15 is 0 Å². The second-order valence-electron chi connectivity index (χ2n) is 7.68. The molecule has 8 heteroatoms. The van der Waals surface area contributed by atoms with E-state index in [1.807, 2.05) is 20.0 Å². The number of ether oxygens (including phenoxy) is 1. The molecule has 3 heterocycles. The van der Waals surface area contributed by atoms with Crippen LogP contribution in [0.4, 0.5) is 0 Å². The van der Waals surface area contributed by atoms with Gasteiger partial charge in [-0.3, -0.25) is 9.69 Å². The number of aromatic nitrogens is 2. The first kappa shape index (κ1) is 21.3. The van der Waals surface area contributed by atoms with Crippen LogP contribution in [-0.2, 0) is 9.53 Å². The van der Waals surface area contributed by atoms with Crippen LogP contribution in [0.3, 0.4) is 0 Å². The molecule has 29 heavy (non-hydrogen) atoms. The molecule has 0 amide bonds. The number of aryl methyl sites for hydroxylation is 2. The molecule has 1 aromatic heterocycles. The van der Waals surface area contributed by atoms with Crippen molar-refractivity contribution >= 4 is 6.47 Å². The first-order valence-electron chi connectivity index (χ1n) is 9.86. The van der Waals surface area contributed by atoms with Gasteiger partial charge in [-0.2, -0.15) is 0 Å². The highest BCUT2D eigenvalue weighted by molar-refractivity contribution is 5.66. The van der Waals surface area contributed by atoms with E-state index < -0.39 is 0 Å². The Hall–Kier alpha value is -2.42. The number of fused-ring (bicyclic) bond motifs is 1. The van der Waals surface area contributed by atoms with Gasteiger partial charge < -0.3 is 24.6 Å². The number of aliphatic hydroxyl groups excluding tert-OH is 1. The van der Waals surface area contributed by atoms with Crippen LogP contribution in [0.15, 0.2) is 24.5 Å². The van der Waals surface area contributed by atoms with Gasteiger partial charge in [0, 0.05) is 49.7 Å². The Morgan fingerprint density at radius 1 is 1.24 bits per heavy atom. The molecule has 8 nitrogen and oxygen atoms in total. The second kappa shape index (κ2) is 9.39. The van der Waals surface area contributed by atoms with E-state index in [0.29, 0.717) is 24.3 Å². The highest BCUT2D eigenvalue weighted by atomic mass is 16.5. The Kier molecular flexibility index (Phi) is 6.89. The third-order valence-corrected chi connectivity index (χ3v) is 5.72. The maximum Gasteiger partial charge on any atom is 0.290 e. The molecule has 0 aliphatic carbocycles. The zero-order valence-corrected chi connectivity index (χ0v) is 16.9. The van der Waals surface area contributed by atoms with Crippen molar-refractivity contribution in [3.63, 3.8) is 0 Å². The van der Waals surface area contributed by atoms with E-state index in [4.69, 9.17) is 19.7 Å². The molecular weight excluding hydrogens is 374 g/mol. The van der Waals surface area contributed by atoms with Crippen LogP contribution >= 0.6 is 0 Å². The van der Waals surface area contributed by atoms with Crippen molar-refractivity contribution in [1.29, 1.82) is 0 Å². The molecule has 3 N–H and O–H groups in total. The van der Waals surface area contributed by atoms with Crippen molar-refractivity contribution < 1.29 is 24.9 Å². The summed E-state index contributed by atoms with van der Waals surface area (Å²) >= 11 is 0. The lowest BCUT2D eigenvalue weighted by Gasteiger charge is -2.34. The van der Waals surface area contributed by atoms with Crippen LogP contribution < -0.4 is 0 Å². The van der Waals surface area contributed by atoms with Crippen molar-refractivity contribution in [1.82, 2.24) is 14.5 Å². The lowest BCUT2D eigenvalue weighted by molar-refractivity contribution is -0.122. The van der Waals surface area contributed by atoms with Crippen LogP contribution in [0.5, 0.6) is 5.75 Å². The molecule has 0 saturated carbocycles. The largest absolute Gasteiger partial charge is 0.508 e. The number of rotatable bonds is 4. The maximum atomic E-state index is 9.84. The summed E-state index contributed by atoms with van der Waals surface area (Å²) in [6.45, 7) is 6.58. The Morgan fingerprint density at radius 2 is 1.93 bits per heavy atom. The smallest absolute Gasteiger partial charge is 0.290 e. The molecule has 2 fully saturated rings. The summed E-state index contributed by atoms with van der Waals surface area (Å²) in [6, 6.07) is 4.40. The fraction of sp³-hybridized carbons (Fsp3) is 0.524. The predicted octanol–water partition coefficient (Wildman–Crippen LogP) is 1.97. The van der Waals surface area contributed by atoms with Crippen molar-refractivity contribution in [3.05, 3.63) is 35.7 Å². The number of nitrogens with zero attached hydrogens (tertiary/aromatic N) is 3. The number of phenols is 1. The van der Waals surface area contributed by atoms with Crippen molar-refractivity contribution in [2.75, 3.05) is 26.3 Å². The minimum atomic E-state index is -0.250. The molecule has 2 aromatic rings. The molecule has 2 aliphatic rings. The van der Waals surface area contributed by atoms with E-state index in [9.17, 15) is 5.11 Å². The first-order valence-corrected chi connectivity index (χ1v) is 9.86. The molecule has 0 unspecified atom stereocenters. The van der Waals surface area contributed by atoms with E-state index in [2.05, 4.69) is 20.6 Å². The lowest BCUT2D eigenvalue weighted by Crippen LogP contribution is -2.46. The number of carboxylic acid groups (broad SMARTS) is 1. The third-order valence-electron chi connectivity index (χ3n) is 5.72. The number of aliphatic hydroxyl groups is 1. The van der Waals surface area contributed by atoms with Gasteiger partial charge in [-0.15, -0.1) is 0 Å². The molecule has 0 bridgehead atoms. The minimum absolute atomic E-state index is 0.138. The molecule has 2 aliphatic heterocycles. The van der Waals surface area contributed by atoms with Crippen LogP contribution in [0.25, 0.3) is 11.4 Å². The molecule has 158 valence electrons. The second-order valence-corrected chi connectivity index (χ2v) is 7.68. The molecule has 0 spiro atoms. The van der Waals surface area contributed by atoms with Gasteiger partial charge in [-0.1, -0.05) is 0 Å². The van der Waals surface area contributed by atoms with Crippen LogP contribution in [0.1, 0.15) is 30.0 Å². The summed E-state index contributed by atoms with van der Waals surface area (Å²) in [7, 11) is 0. The molecule has 2 saturated heterocycles. The third kappa shape index (κ3) is 4.60. The Balaban J connectivity index is 0.000000755. The van der Waals surface area contributed by atoms with E-state index in [0.717, 1.165) is 48.6 Å². The standard InChI is InChI=1S/C20H27N3O3.CH2O2/c1-13-7-17(25)8-14(2)19(13)20-21-4-5-23(20)15-9-16-12-26-18(3-6-24)11-22(16)10-15;2-1-3/h4-5,7-8,15-16,18,24-25H,3,6,9-12H2,1-2H3;1H,(H,2,3)/t15-,16+,18+;/m1./s1. The predicted molar refractivity (Wildman–Crippen MR) is 108 cm³/mol. The van der Waals surface area contributed by atoms with Gasteiger partial charge in [0.15, 0.2) is 0 Å². The first-order chi connectivity index (χ1) is 14.0. The van der Waals surface area contributed by atoms with Crippen molar-refractivity contribution in [2.45, 2.75) is 44.9 Å². The van der Waals surface area contributed by atoms with E-state index in [1.54, 1.807) is 12.1 Å². The molecule has 1 aromatic carbocycles. The van der Waals surface area contributed by atoms with Gasteiger partial charge in [0.25, 0.3) is 6.47 Å². The highest BCUT2D eigenvalue weighted by Gasteiger charge is 2.38. The van der Waals surface area contributed by atoms with Crippen LogP contribution in [0, 0.1) is 13.8 Å². The summed E-state index contributed by atoms with van der Waals surface area (Å²) in [4.78, 5) is 15.5. The number of hydrogen-bond acceptors (Lipinski definition) is 6. The lowest BCUT2D eigenvalue weighted by atomic mass is 10.0. The number of imidazole rings is 1. The fourth-order valence-corrected chi connectivity index (χ4v) is 4.53. The number of phenolic OH excluding ortho intramolecular Hbond substituents is 1. The Morgan fingerprint density at radius 3 is 2.59 bits per heavy atom. The fourth-order valence-electron chi connectivity index (χ4n) is 4.53. The zero-order chi connectivity index (χ0) is 21.0. The van der Waals surface area contributed by atoms with E-state index in [-0.39, 0.29) is 19.2 Å². The van der Waals surface area contributed by atoms with Crippen molar-refractivity contribution in [3.8, 4) is 17.1 Å². The van der Waals surface area contributed by atoms with Gasteiger partial charge in [-0.25, -0.2) is 4.98 Å². The molecule has 4 rings (SSSR count). The average Bonchev–Trinajstić information content (AvgIpc) is 3.28. The normalized spacial score (nSPS) is 23.9. The van der Waals surface area contributed by atoms with Gasteiger partial charge in [0.05, 0.1) is 12.7 Å². The zero-order valence-electron chi connectivity index (χ0n) is 16.9. The number of carbonyl (C=O) groups is 1. The molecular formula is C21H29N3O5. The quantitative estimate of drug-likeness (QED) is 0.670. The molecule has 3 atom stereocenters. The van der Waals surface area contributed by atoms with Crippen molar-refractivity contribution in [2.24, 2.45) is 0 Å². The topological polar surface area (TPSA) is 108 Å². The van der Waals surface area contributed by atoms with Crippen LogP contribution in [-0.4, -0.2) is 74.7 Å². The average molecular weight is 403 g/mol. The SMILES string of the molecule is Cc1cc(O)cc(C)c1-c1nccn1[C@@H]1C[C@H]2CO[C@@H](CCO)CN2C1.O=CO. The monoisotopic (exact) mass is 403 g/mol. The summed E-state index contributed by atoms with van der Waals surface area (Å²) in [5.41, 5.74) is 3.18. The van der Waals surface area contributed by atoms with Gasteiger partial charge in [-0.05, 0) is 49.9 Å². The number of hydrogen-bond donors (Lipinski definition) is 3.